The molecule has 1 heterocycles. The number of ketones is 1. The zero-order chi connectivity index (χ0) is 23.4. The minimum Gasteiger partial charge on any atom is -0.507 e. The van der Waals surface area contributed by atoms with E-state index in [0.29, 0.717) is 22.1 Å². The Labute approximate surface area is 192 Å². The van der Waals surface area contributed by atoms with Crippen molar-refractivity contribution in [3.8, 4) is 11.5 Å². The van der Waals surface area contributed by atoms with E-state index in [-0.39, 0.29) is 36.2 Å². The molecule has 1 aliphatic heterocycles. The van der Waals surface area contributed by atoms with E-state index in [2.05, 4.69) is 0 Å². The topological polar surface area (TPSA) is 85.3 Å². The van der Waals surface area contributed by atoms with Gasteiger partial charge < -0.3 is 24.2 Å². The van der Waals surface area contributed by atoms with Crippen molar-refractivity contribution in [1.29, 1.82) is 0 Å². The number of Topliss-reactive ketones (excluding diaryl/α,β-unsaturated/α-hetero) is 1. The summed E-state index contributed by atoms with van der Waals surface area (Å²) in [5, 5.41) is 11.6. The molecular weight excluding hydrogens is 434 g/mol. The summed E-state index contributed by atoms with van der Waals surface area (Å²) < 4.78 is 16.3. The van der Waals surface area contributed by atoms with Crippen LogP contribution in [0, 0.1) is 0 Å². The zero-order valence-electron chi connectivity index (χ0n) is 18.4. The second-order valence-electron chi connectivity index (χ2n) is 7.57. The fourth-order valence-electron chi connectivity index (χ4n) is 3.69. The lowest BCUT2D eigenvalue weighted by Crippen LogP contribution is -2.32. The minimum atomic E-state index is -0.829. The second-order valence-corrected chi connectivity index (χ2v) is 8.01. The molecule has 8 heteroatoms. The van der Waals surface area contributed by atoms with Crippen LogP contribution in [0.1, 0.15) is 31.0 Å². The molecule has 32 heavy (non-hydrogen) atoms. The highest BCUT2D eigenvalue weighted by Crippen LogP contribution is 2.42. The van der Waals surface area contributed by atoms with Crippen LogP contribution in [-0.2, 0) is 14.3 Å². The third-order valence-electron chi connectivity index (χ3n) is 5.04. The summed E-state index contributed by atoms with van der Waals surface area (Å²) in [7, 11) is 2.96. The molecule has 1 amide bonds. The van der Waals surface area contributed by atoms with Gasteiger partial charge in [0.05, 0.1) is 37.0 Å². The lowest BCUT2D eigenvalue weighted by molar-refractivity contribution is -0.140. The van der Waals surface area contributed by atoms with Gasteiger partial charge in [-0.3, -0.25) is 9.59 Å². The van der Waals surface area contributed by atoms with Crippen LogP contribution in [0.15, 0.2) is 48.0 Å². The Morgan fingerprint density at radius 3 is 2.56 bits per heavy atom. The number of carbonyl (C=O) groups is 2. The van der Waals surface area contributed by atoms with Crippen LogP contribution >= 0.6 is 11.6 Å². The van der Waals surface area contributed by atoms with Gasteiger partial charge in [-0.1, -0.05) is 23.7 Å². The molecule has 1 N–H and O–H groups in total. The number of benzene rings is 2. The highest BCUT2D eigenvalue weighted by molar-refractivity contribution is 6.46. The smallest absolute Gasteiger partial charge is 0.295 e. The van der Waals surface area contributed by atoms with Gasteiger partial charge in [-0.25, -0.2) is 0 Å². The Hall–Kier alpha value is -3.03. The van der Waals surface area contributed by atoms with Crippen LogP contribution < -0.4 is 9.47 Å². The first-order valence-corrected chi connectivity index (χ1v) is 10.5. The molecule has 1 atom stereocenters. The van der Waals surface area contributed by atoms with Gasteiger partial charge in [0, 0.05) is 18.7 Å². The fourth-order valence-corrected chi connectivity index (χ4v) is 3.86. The van der Waals surface area contributed by atoms with Crippen molar-refractivity contribution in [2.24, 2.45) is 0 Å². The molecule has 0 bridgehead atoms. The minimum absolute atomic E-state index is 0.0478. The summed E-state index contributed by atoms with van der Waals surface area (Å²) in [5.41, 5.74) is 0.804. The van der Waals surface area contributed by atoms with Crippen molar-refractivity contribution in [3.05, 3.63) is 64.2 Å². The van der Waals surface area contributed by atoms with E-state index in [1.165, 1.54) is 25.2 Å². The van der Waals surface area contributed by atoms with E-state index < -0.39 is 17.7 Å². The molecule has 7 nitrogen and oxygen atoms in total. The molecule has 1 unspecified atom stereocenters. The Bertz CT molecular complexity index is 1050. The molecule has 1 fully saturated rings. The maximum atomic E-state index is 13.1. The number of aliphatic hydroxyl groups excluding tert-OH is 1. The summed E-state index contributed by atoms with van der Waals surface area (Å²) in [4.78, 5) is 27.4. The van der Waals surface area contributed by atoms with Gasteiger partial charge in [-0.2, -0.15) is 0 Å². The first kappa shape index (κ1) is 23.6. The van der Waals surface area contributed by atoms with E-state index in [0.717, 1.165) is 0 Å². The molecule has 1 aliphatic rings. The van der Waals surface area contributed by atoms with E-state index in [4.69, 9.17) is 25.8 Å². The van der Waals surface area contributed by atoms with Crippen LogP contribution in [-0.4, -0.2) is 55.2 Å². The van der Waals surface area contributed by atoms with Gasteiger partial charge in [0.25, 0.3) is 11.7 Å². The van der Waals surface area contributed by atoms with E-state index in [1.54, 1.807) is 36.4 Å². The summed E-state index contributed by atoms with van der Waals surface area (Å²) in [6.45, 7) is 4.21. The molecule has 2 aromatic rings. The van der Waals surface area contributed by atoms with Gasteiger partial charge in [-0.15, -0.1) is 0 Å². The Morgan fingerprint density at radius 2 is 1.91 bits per heavy atom. The zero-order valence-corrected chi connectivity index (χ0v) is 19.2. The van der Waals surface area contributed by atoms with Crippen molar-refractivity contribution in [3.63, 3.8) is 0 Å². The number of ether oxygens (including phenoxy) is 3. The number of nitrogens with zero attached hydrogens (tertiary/aromatic N) is 1. The Morgan fingerprint density at radius 1 is 1.16 bits per heavy atom. The molecule has 0 aliphatic carbocycles. The average molecular weight is 460 g/mol. The van der Waals surface area contributed by atoms with Gasteiger partial charge in [0.2, 0.25) is 0 Å². The molecule has 1 saturated heterocycles. The number of hydrogen-bond acceptors (Lipinski definition) is 6. The van der Waals surface area contributed by atoms with Crippen molar-refractivity contribution in [2.45, 2.75) is 26.0 Å². The molecule has 0 aromatic heterocycles. The molecule has 3 rings (SSSR count). The summed E-state index contributed by atoms with van der Waals surface area (Å²) in [5.74, 6) is -0.950. The molecule has 170 valence electrons. The van der Waals surface area contributed by atoms with Crippen LogP contribution in [0.4, 0.5) is 0 Å². The first-order valence-electron chi connectivity index (χ1n) is 10.2. The van der Waals surface area contributed by atoms with Crippen LogP contribution in [0.2, 0.25) is 5.02 Å². The number of likely N-dealkylation sites (tertiary alicyclic amines) is 1. The van der Waals surface area contributed by atoms with Crippen LogP contribution in [0.5, 0.6) is 11.5 Å². The van der Waals surface area contributed by atoms with E-state index in [1.807, 2.05) is 13.8 Å². The Kier molecular flexibility index (Phi) is 7.43. The van der Waals surface area contributed by atoms with Crippen molar-refractivity contribution in [1.82, 2.24) is 4.90 Å². The van der Waals surface area contributed by atoms with Gasteiger partial charge in [-0.05, 0) is 49.7 Å². The largest absolute Gasteiger partial charge is 0.507 e. The number of halogens is 1. The summed E-state index contributed by atoms with van der Waals surface area (Å²) >= 11 is 6.12. The summed E-state index contributed by atoms with van der Waals surface area (Å²) in [6, 6.07) is 11.0. The lowest BCUT2D eigenvalue weighted by atomic mass is 9.95. The van der Waals surface area contributed by atoms with Gasteiger partial charge in [0.1, 0.15) is 17.3 Å². The molecule has 2 aromatic carbocycles. The molecule has 0 saturated carbocycles. The second kappa shape index (κ2) is 10.1. The monoisotopic (exact) mass is 459 g/mol. The maximum absolute atomic E-state index is 13.1. The van der Waals surface area contributed by atoms with Crippen LogP contribution in [0.3, 0.4) is 0 Å². The number of rotatable bonds is 8. The lowest BCUT2D eigenvalue weighted by Gasteiger charge is -2.25. The molecule has 0 spiro atoms. The van der Waals surface area contributed by atoms with Gasteiger partial charge in [0.15, 0.2) is 0 Å². The third kappa shape index (κ3) is 4.74. The number of methoxy groups -OCH3 is 2. The fraction of sp³-hybridized carbons (Fsp3) is 0.333. The number of amides is 1. The van der Waals surface area contributed by atoms with E-state index >= 15 is 0 Å². The standard InChI is InChI=1S/C24H26ClNO6/c1-14(2)32-17-7-5-6-15(12-17)21-20(23(28)24(29)26(21)10-11-30-3)22(27)18-13-16(25)8-9-19(18)31-4/h5-9,12-14,21,27H,10-11H2,1-4H3/b22-20+. The third-order valence-corrected chi connectivity index (χ3v) is 5.27. The maximum Gasteiger partial charge on any atom is 0.295 e. The Balaban J connectivity index is 2.21. The van der Waals surface area contributed by atoms with Crippen molar-refractivity contribution in [2.75, 3.05) is 27.4 Å². The quantitative estimate of drug-likeness (QED) is 0.361. The van der Waals surface area contributed by atoms with Gasteiger partial charge >= 0.3 is 0 Å². The van der Waals surface area contributed by atoms with Crippen molar-refractivity contribution >= 4 is 29.1 Å². The van der Waals surface area contributed by atoms with Crippen LogP contribution in [0.25, 0.3) is 5.76 Å². The first-order chi connectivity index (χ1) is 15.3. The number of aliphatic hydroxyl groups is 1. The SMILES string of the molecule is COCCN1C(=O)C(=O)/C(=C(/O)c2cc(Cl)ccc2OC)C1c1cccc(OC(C)C)c1. The highest BCUT2D eigenvalue weighted by Gasteiger charge is 2.46. The van der Waals surface area contributed by atoms with Crippen molar-refractivity contribution < 1.29 is 28.9 Å². The van der Waals surface area contributed by atoms with E-state index in [9.17, 15) is 14.7 Å². The number of carbonyl (C=O) groups excluding carboxylic acids is 2. The molecule has 0 radical (unpaired) electrons. The summed E-state index contributed by atoms with van der Waals surface area (Å²) in [6.07, 6.45) is -0.0548. The average Bonchev–Trinajstić information content (AvgIpc) is 3.01. The number of hydrogen-bond donors (Lipinski definition) is 1. The normalized spacial score (nSPS) is 17.8. The highest BCUT2D eigenvalue weighted by atomic mass is 35.5. The predicted molar refractivity (Wildman–Crippen MR) is 121 cm³/mol. The molecular formula is C24H26ClNO6. The predicted octanol–water partition coefficient (Wildman–Crippen LogP) is 4.20.